The number of amides is 1. The second-order valence-corrected chi connectivity index (χ2v) is 3.06. The van der Waals surface area contributed by atoms with Gasteiger partial charge in [-0.1, -0.05) is 6.92 Å². The molecular formula is C11H14N2O3. The molecule has 0 aromatic heterocycles. The number of nitrogens with zero attached hydrogens (tertiary/aromatic N) is 1. The van der Waals surface area contributed by atoms with Gasteiger partial charge in [-0.3, -0.25) is 0 Å². The average molecular weight is 222 g/mol. The molecule has 0 fully saturated rings. The van der Waals surface area contributed by atoms with Crippen molar-refractivity contribution in [1.82, 2.24) is 5.43 Å². The summed E-state index contributed by atoms with van der Waals surface area (Å²) in [5, 5.41) is 13.1. The molecule has 0 atom stereocenters. The number of hydrazone groups is 1. The summed E-state index contributed by atoms with van der Waals surface area (Å²) >= 11 is 0. The first-order valence-corrected chi connectivity index (χ1v) is 4.87. The third-order valence-corrected chi connectivity index (χ3v) is 2.00. The third-order valence-electron chi connectivity index (χ3n) is 2.00. The van der Waals surface area contributed by atoms with Gasteiger partial charge in [0.25, 0.3) is 0 Å². The van der Waals surface area contributed by atoms with Crippen molar-refractivity contribution in [1.29, 1.82) is 0 Å². The molecule has 1 aromatic carbocycles. The van der Waals surface area contributed by atoms with E-state index in [0.29, 0.717) is 12.1 Å². The van der Waals surface area contributed by atoms with Crippen LogP contribution in [-0.2, 0) is 4.74 Å². The first-order chi connectivity index (χ1) is 7.67. The van der Waals surface area contributed by atoms with Crippen LogP contribution in [0.4, 0.5) is 4.79 Å². The molecule has 5 nitrogen and oxygen atoms in total. The van der Waals surface area contributed by atoms with Gasteiger partial charge in [0.2, 0.25) is 0 Å². The average Bonchev–Trinajstić information content (AvgIpc) is 2.31. The molecule has 0 spiro atoms. The van der Waals surface area contributed by atoms with Gasteiger partial charge >= 0.3 is 6.09 Å². The minimum Gasteiger partial charge on any atom is -0.508 e. The van der Waals surface area contributed by atoms with Crippen LogP contribution in [-0.4, -0.2) is 24.0 Å². The number of ether oxygens (including phenoxy) is 1. The second kappa shape index (κ2) is 5.75. The van der Waals surface area contributed by atoms with Gasteiger partial charge in [-0.05, 0) is 36.2 Å². The summed E-state index contributed by atoms with van der Waals surface area (Å²) < 4.78 is 4.40. The molecular weight excluding hydrogens is 208 g/mol. The Labute approximate surface area is 93.7 Å². The Balaban J connectivity index is 2.81. The van der Waals surface area contributed by atoms with E-state index in [2.05, 4.69) is 15.3 Å². The molecule has 0 saturated heterocycles. The van der Waals surface area contributed by atoms with E-state index in [9.17, 15) is 4.79 Å². The van der Waals surface area contributed by atoms with E-state index < -0.39 is 6.09 Å². The molecule has 0 heterocycles. The molecule has 0 radical (unpaired) electrons. The first-order valence-electron chi connectivity index (χ1n) is 4.87. The van der Waals surface area contributed by atoms with Crippen molar-refractivity contribution in [2.45, 2.75) is 13.3 Å². The van der Waals surface area contributed by atoms with Crippen LogP contribution in [0.1, 0.15) is 18.9 Å². The Bertz CT molecular complexity index is 385. The molecule has 0 bridgehead atoms. The van der Waals surface area contributed by atoms with Crippen molar-refractivity contribution in [2.75, 3.05) is 7.11 Å². The molecule has 2 N–H and O–H groups in total. The normalized spacial score (nSPS) is 11.0. The number of nitrogens with one attached hydrogen (secondary N) is 1. The highest BCUT2D eigenvalue weighted by atomic mass is 16.5. The van der Waals surface area contributed by atoms with E-state index in [1.807, 2.05) is 6.92 Å². The summed E-state index contributed by atoms with van der Waals surface area (Å²) in [4.78, 5) is 10.8. The molecule has 0 saturated carbocycles. The smallest absolute Gasteiger partial charge is 0.427 e. The summed E-state index contributed by atoms with van der Waals surface area (Å²) in [7, 11) is 1.27. The maximum Gasteiger partial charge on any atom is 0.427 e. The minimum atomic E-state index is -0.607. The monoisotopic (exact) mass is 222 g/mol. The predicted molar refractivity (Wildman–Crippen MR) is 60.5 cm³/mol. The number of phenols is 1. The Morgan fingerprint density at radius 1 is 1.44 bits per heavy atom. The van der Waals surface area contributed by atoms with E-state index in [-0.39, 0.29) is 5.75 Å². The molecule has 1 aromatic rings. The van der Waals surface area contributed by atoms with Gasteiger partial charge in [0.15, 0.2) is 0 Å². The van der Waals surface area contributed by atoms with E-state index in [4.69, 9.17) is 5.11 Å². The van der Waals surface area contributed by atoms with Gasteiger partial charge in [0.1, 0.15) is 5.75 Å². The largest absolute Gasteiger partial charge is 0.508 e. The number of phenolic OH excluding ortho intramolecular Hbond substituents is 1. The number of benzene rings is 1. The van der Waals surface area contributed by atoms with Crippen molar-refractivity contribution in [2.24, 2.45) is 5.10 Å². The molecule has 0 unspecified atom stereocenters. The Kier molecular flexibility index (Phi) is 4.32. The topological polar surface area (TPSA) is 70.9 Å². The van der Waals surface area contributed by atoms with Crippen LogP contribution in [0.2, 0.25) is 0 Å². The van der Waals surface area contributed by atoms with Crippen molar-refractivity contribution in [3.8, 4) is 5.75 Å². The molecule has 16 heavy (non-hydrogen) atoms. The summed E-state index contributed by atoms with van der Waals surface area (Å²) in [6.07, 6.45) is 0.0547. The number of methoxy groups -OCH3 is 1. The molecule has 5 heteroatoms. The lowest BCUT2D eigenvalue weighted by Gasteiger charge is -2.04. The molecule has 0 aliphatic heterocycles. The standard InChI is InChI=1S/C11H14N2O3/c1-3-10(12-13-11(15)16-2)8-4-6-9(14)7-5-8/h4-7,14H,3H2,1-2H3,(H,13,15)/b12-10-. The lowest BCUT2D eigenvalue weighted by molar-refractivity contribution is 0.171. The van der Waals surface area contributed by atoms with Crippen molar-refractivity contribution in [3.05, 3.63) is 29.8 Å². The summed E-state index contributed by atoms with van der Waals surface area (Å²) in [6.45, 7) is 1.92. The summed E-state index contributed by atoms with van der Waals surface area (Å²) in [5.41, 5.74) is 3.82. The fourth-order valence-electron chi connectivity index (χ4n) is 1.16. The van der Waals surface area contributed by atoms with E-state index in [0.717, 1.165) is 5.56 Å². The fourth-order valence-corrected chi connectivity index (χ4v) is 1.16. The first kappa shape index (κ1) is 12.0. The van der Waals surface area contributed by atoms with Crippen molar-refractivity contribution < 1.29 is 14.6 Å². The van der Waals surface area contributed by atoms with Gasteiger partial charge in [0, 0.05) is 0 Å². The minimum absolute atomic E-state index is 0.195. The zero-order valence-electron chi connectivity index (χ0n) is 9.23. The highest BCUT2D eigenvalue weighted by molar-refractivity contribution is 6.00. The summed E-state index contributed by atoms with van der Waals surface area (Å²) in [6, 6.07) is 6.60. The summed E-state index contributed by atoms with van der Waals surface area (Å²) in [5.74, 6) is 0.195. The van der Waals surface area contributed by atoms with Gasteiger partial charge in [-0.15, -0.1) is 0 Å². The fraction of sp³-hybridized carbons (Fsp3) is 0.273. The van der Waals surface area contributed by atoms with E-state index >= 15 is 0 Å². The van der Waals surface area contributed by atoms with Gasteiger partial charge in [-0.25, -0.2) is 10.2 Å². The van der Waals surface area contributed by atoms with Crippen molar-refractivity contribution >= 4 is 11.8 Å². The molecule has 1 amide bonds. The maximum atomic E-state index is 10.8. The Morgan fingerprint density at radius 3 is 2.56 bits per heavy atom. The zero-order chi connectivity index (χ0) is 12.0. The van der Waals surface area contributed by atoms with Crippen LogP contribution < -0.4 is 5.43 Å². The lowest BCUT2D eigenvalue weighted by atomic mass is 10.1. The van der Waals surface area contributed by atoms with Crippen LogP contribution in [0.15, 0.2) is 29.4 Å². The third kappa shape index (κ3) is 3.27. The van der Waals surface area contributed by atoms with Crippen molar-refractivity contribution in [3.63, 3.8) is 0 Å². The number of carbonyl (C=O) groups excluding carboxylic acids is 1. The second-order valence-electron chi connectivity index (χ2n) is 3.06. The quantitative estimate of drug-likeness (QED) is 0.605. The predicted octanol–water partition coefficient (Wildman–Crippen LogP) is 1.86. The van der Waals surface area contributed by atoms with Crippen LogP contribution in [0.25, 0.3) is 0 Å². The Hall–Kier alpha value is -2.04. The molecule has 0 aliphatic carbocycles. The van der Waals surface area contributed by atoms with Crippen LogP contribution >= 0.6 is 0 Å². The van der Waals surface area contributed by atoms with E-state index in [1.54, 1.807) is 24.3 Å². The maximum absolute atomic E-state index is 10.8. The highest BCUT2D eigenvalue weighted by Gasteiger charge is 2.02. The number of aromatic hydroxyl groups is 1. The number of rotatable bonds is 3. The van der Waals surface area contributed by atoms with Gasteiger partial charge < -0.3 is 9.84 Å². The number of hydrogen-bond acceptors (Lipinski definition) is 4. The molecule has 86 valence electrons. The Morgan fingerprint density at radius 2 is 2.06 bits per heavy atom. The highest BCUT2D eigenvalue weighted by Crippen LogP contribution is 2.11. The van der Waals surface area contributed by atoms with Crippen LogP contribution in [0.3, 0.4) is 0 Å². The molecule has 1 rings (SSSR count). The number of hydrogen-bond donors (Lipinski definition) is 2. The SMILES string of the molecule is CC/C(=N/NC(=O)OC)c1ccc(O)cc1. The lowest BCUT2D eigenvalue weighted by Crippen LogP contribution is -2.19. The van der Waals surface area contributed by atoms with Crippen LogP contribution in [0, 0.1) is 0 Å². The molecule has 0 aliphatic rings. The van der Waals surface area contributed by atoms with Gasteiger partial charge in [0.05, 0.1) is 12.8 Å². The van der Waals surface area contributed by atoms with Gasteiger partial charge in [-0.2, -0.15) is 5.10 Å². The number of carbonyl (C=O) groups is 1. The zero-order valence-corrected chi connectivity index (χ0v) is 9.23. The van der Waals surface area contributed by atoms with E-state index in [1.165, 1.54) is 7.11 Å². The van der Waals surface area contributed by atoms with Crippen LogP contribution in [0.5, 0.6) is 5.75 Å².